The Labute approximate surface area is 76.6 Å². The Kier molecular flexibility index (Phi) is 1.91. The second-order valence-corrected chi connectivity index (χ2v) is 4.09. The van der Waals surface area contributed by atoms with Crippen LogP contribution in [0.15, 0.2) is 0 Å². The van der Waals surface area contributed by atoms with Gasteiger partial charge in [0, 0.05) is 11.9 Å². The molecule has 0 spiro atoms. The van der Waals surface area contributed by atoms with Crippen molar-refractivity contribution in [2.75, 3.05) is 6.54 Å². The van der Waals surface area contributed by atoms with Gasteiger partial charge in [-0.3, -0.25) is 0 Å². The lowest BCUT2D eigenvalue weighted by Gasteiger charge is -2.30. The molecule has 0 bridgehead atoms. The SMILES string of the molecule is CC1OC(=O)N2CCC(Cl)CC12. The van der Waals surface area contributed by atoms with E-state index in [0.717, 1.165) is 19.4 Å². The third kappa shape index (κ3) is 1.16. The van der Waals surface area contributed by atoms with Gasteiger partial charge in [0.25, 0.3) is 0 Å². The van der Waals surface area contributed by atoms with Gasteiger partial charge in [-0.1, -0.05) is 0 Å². The highest BCUT2D eigenvalue weighted by atomic mass is 35.5. The summed E-state index contributed by atoms with van der Waals surface area (Å²) in [5.41, 5.74) is 0. The van der Waals surface area contributed by atoms with E-state index < -0.39 is 0 Å². The fraction of sp³-hybridized carbons (Fsp3) is 0.875. The topological polar surface area (TPSA) is 29.5 Å². The number of ether oxygens (including phenoxy) is 1. The minimum atomic E-state index is -0.170. The summed E-state index contributed by atoms with van der Waals surface area (Å²) in [7, 11) is 0. The van der Waals surface area contributed by atoms with Crippen molar-refractivity contribution in [1.82, 2.24) is 4.90 Å². The van der Waals surface area contributed by atoms with Crippen molar-refractivity contribution < 1.29 is 9.53 Å². The molecule has 3 atom stereocenters. The minimum Gasteiger partial charge on any atom is -0.444 e. The molecule has 3 nitrogen and oxygen atoms in total. The molecule has 0 radical (unpaired) electrons. The highest BCUT2D eigenvalue weighted by molar-refractivity contribution is 6.20. The molecule has 0 saturated carbocycles. The molecular formula is C8H12ClNO2. The third-order valence-electron chi connectivity index (χ3n) is 2.64. The van der Waals surface area contributed by atoms with E-state index in [4.69, 9.17) is 16.3 Å². The van der Waals surface area contributed by atoms with E-state index in [1.54, 1.807) is 4.90 Å². The molecule has 1 amide bonds. The van der Waals surface area contributed by atoms with Crippen molar-refractivity contribution in [3.8, 4) is 0 Å². The number of hydrogen-bond acceptors (Lipinski definition) is 2. The molecule has 0 aromatic rings. The van der Waals surface area contributed by atoms with E-state index >= 15 is 0 Å². The Hall–Kier alpha value is -0.440. The number of piperidine rings is 1. The average Bonchev–Trinajstić information content (AvgIpc) is 2.28. The summed E-state index contributed by atoms with van der Waals surface area (Å²) < 4.78 is 5.08. The Bertz CT molecular complexity index is 209. The monoisotopic (exact) mass is 189 g/mol. The van der Waals surface area contributed by atoms with E-state index in [9.17, 15) is 4.79 Å². The standard InChI is InChI=1S/C8H12ClNO2/c1-5-7-4-6(9)2-3-10(7)8(11)12-5/h5-7H,2-4H2,1H3. The molecule has 4 heteroatoms. The predicted octanol–water partition coefficient (Wildman–Crippen LogP) is 1.60. The first-order valence-electron chi connectivity index (χ1n) is 4.30. The first kappa shape index (κ1) is 8.17. The molecule has 12 heavy (non-hydrogen) atoms. The van der Waals surface area contributed by atoms with Crippen LogP contribution in [0, 0.1) is 0 Å². The Morgan fingerprint density at radius 2 is 2.42 bits per heavy atom. The van der Waals surface area contributed by atoms with Crippen LogP contribution in [-0.4, -0.2) is 35.1 Å². The van der Waals surface area contributed by atoms with E-state index in [-0.39, 0.29) is 23.6 Å². The van der Waals surface area contributed by atoms with Gasteiger partial charge in [-0.2, -0.15) is 0 Å². The van der Waals surface area contributed by atoms with Crippen LogP contribution in [-0.2, 0) is 4.74 Å². The Balaban J connectivity index is 2.12. The number of carbonyl (C=O) groups is 1. The van der Waals surface area contributed by atoms with Crippen molar-refractivity contribution in [3.05, 3.63) is 0 Å². The Morgan fingerprint density at radius 3 is 3.17 bits per heavy atom. The molecule has 2 fully saturated rings. The fourth-order valence-corrected chi connectivity index (χ4v) is 2.21. The number of amides is 1. The van der Waals surface area contributed by atoms with Crippen LogP contribution in [0.5, 0.6) is 0 Å². The van der Waals surface area contributed by atoms with Gasteiger partial charge >= 0.3 is 6.09 Å². The van der Waals surface area contributed by atoms with Gasteiger partial charge in [0.05, 0.1) is 6.04 Å². The van der Waals surface area contributed by atoms with Crippen LogP contribution < -0.4 is 0 Å². The second kappa shape index (κ2) is 2.80. The zero-order valence-corrected chi connectivity index (χ0v) is 7.75. The predicted molar refractivity (Wildman–Crippen MR) is 45.3 cm³/mol. The quantitative estimate of drug-likeness (QED) is 0.542. The zero-order valence-electron chi connectivity index (χ0n) is 7.00. The number of halogens is 1. The highest BCUT2D eigenvalue weighted by Gasteiger charge is 2.42. The maximum absolute atomic E-state index is 11.2. The second-order valence-electron chi connectivity index (χ2n) is 3.47. The minimum absolute atomic E-state index is 0.0130. The molecule has 0 N–H and O–H groups in total. The summed E-state index contributed by atoms with van der Waals surface area (Å²) in [6, 6.07) is 0.216. The lowest BCUT2D eigenvalue weighted by Crippen LogP contribution is -2.43. The van der Waals surface area contributed by atoms with E-state index in [1.807, 2.05) is 6.92 Å². The van der Waals surface area contributed by atoms with Crippen molar-refractivity contribution in [2.45, 2.75) is 37.3 Å². The molecule has 2 aliphatic rings. The third-order valence-corrected chi connectivity index (χ3v) is 3.04. The molecule has 2 aliphatic heterocycles. The molecule has 2 rings (SSSR count). The summed E-state index contributed by atoms with van der Waals surface area (Å²) in [6.07, 6.45) is 1.60. The molecule has 68 valence electrons. The molecular weight excluding hydrogens is 178 g/mol. The molecule has 2 saturated heterocycles. The van der Waals surface area contributed by atoms with E-state index in [0.29, 0.717) is 0 Å². The maximum Gasteiger partial charge on any atom is 0.410 e. The normalized spacial score (nSPS) is 41.0. The van der Waals surface area contributed by atoms with Crippen LogP contribution in [0.3, 0.4) is 0 Å². The van der Waals surface area contributed by atoms with Gasteiger partial charge in [0.2, 0.25) is 0 Å². The lowest BCUT2D eigenvalue weighted by atomic mass is 9.99. The molecule has 3 unspecified atom stereocenters. The number of nitrogens with zero attached hydrogens (tertiary/aromatic N) is 1. The van der Waals surface area contributed by atoms with Gasteiger partial charge in [-0.05, 0) is 19.8 Å². The van der Waals surface area contributed by atoms with Crippen molar-refractivity contribution >= 4 is 17.7 Å². The highest BCUT2D eigenvalue weighted by Crippen LogP contribution is 2.30. The number of hydrogen-bond donors (Lipinski definition) is 0. The smallest absolute Gasteiger partial charge is 0.410 e. The maximum atomic E-state index is 11.2. The van der Waals surface area contributed by atoms with E-state index in [2.05, 4.69) is 0 Å². The number of carbonyl (C=O) groups excluding carboxylic acids is 1. The molecule has 0 aliphatic carbocycles. The summed E-state index contributed by atoms with van der Waals surface area (Å²) in [4.78, 5) is 13.0. The van der Waals surface area contributed by atoms with Crippen LogP contribution in [0.1, 0.15) is 19.8 Å². The molecule has 0 aromatic carbocycles. The molecule has 0 aromatic heterocycles. The zero-order chi connectivity index (χ0) is 8.72. The first-order chi connectivity index (χ1) is 5.68. The van der Waals surface area contributed by atoms with Crippen molar-refractivity contribution in [1.29, 1.82) is 0 Å². The van der Waals surface area contributed by atoms with Crippen LogP contribution in [0.25, 0.3) is 0 Å². The van der Waals surface area contributed by atoms with Crippen LogP contribution >= 0.6 is 11.6 Å². The first-order valence-corrected chi connectivity index (χ1v) is 4.73. The van der Waals surface area contributed by atoms with Crippen LogP contribution in [0.4, 0.5) is 4.79 Å². The van der Waals surface area contributed by atoms with E-state index in [1.165, 1.54) is 0 Å². The van der Waals surface area contributed by atoms with Gasteiger partial charge in [-0.15, -0.1) is 11.6 Å². The van der Waals surface area contributed by atoms with Gasteiger partial charge in [0.15, 0.2) is 0 Å². The Morgan fingerprint density at radius 1 is 1.67 bits per heavy atom. The number of fused-ring (bicyclic) bond motifs is 1. The largest absolute Gasteiger partial charge is 0.444 e. The summed E-state index contributed by atoms with van der Waals surface area (Å²) in [6.45, 7) is 2.68. The summed E-state index contributed by atoms with van der Waals surface area (Å²) >= 11 is 6.00. The summed E-state index contributed by atoms with van der Waals surface area (Å²) in [5.74, 6) is 0. The number of cyclic esters (lactones) is 1. The number of alkyl halides is 1. The summed E-state index contributed by atoms with van der Waals surface area (Å²) in [5, 5.41) is 0.211. The lowest BCUT2D eigenvalue weighted by molar-refractivity contribution is 0.137. The molecule has 2 heterocycles. The number of rotatable bonds is 0. The van der Waals surface area contributed by atoms with Gasteiger partial charge in [-0.25, -0.2) is 4.79 Å². The van der Waals surface area contributed by atoms with Crippen molar-refractivity contribution in [3.63, 3.8) is 0 Å². The van der Waals surface area contributed by atoms with Gasteiger partial charge in [0.1, 0.15) is 6.10 Å². The van der Waals surface area contributed by atoms with Crippen molar-refractivity contribution in [2.24, 2.45) is 0 Å². The fourth-order valence-electron chi connectivity index (χ4n) is 1.93. The van der Waals surface area contributed by atoms with Gasteiger partial charge < -0.3 is 9.64 Å². The van der Waals surface area contributed by atoms with Crippen LogP contribution in [0.2, 0.25) is 0 Å². The average molecular weight is 190 g/mol.